The molecule has 1 aromatic heterocycles. The number of thiophene rings is 1. The molecular formula is C21H23N3O5S. The number of hydrogen-bond acceptors (Lipinski definition) is 6. The zero-order chi connectivity index (χ0) is 21.8. The first-order valence-corrected chi connectivity index (χ1v) is 10.4. The van der Waals surface area contributed by atoms with Crippen LogP contribution in [-0.2, 0) is 27.2 Å². The van der Waals surface area contributed by atoms with Crippen molar-refractivity contribution in [2.75, 3.05) is 11.9 Å². The van der Waals surface area contributed by atoms with Crippen molar-refractivity contribution in [2.24, 2.45) is 5.73 Å². The Morgan fingerprint density at radius 1 is 1.23 bits per heavy atom. The van der Waals surface area contributed by atoms with Crippen molar-refractivity contribution in [1.29, 1.82) is 0 Å². The Labute approximate surface area is 177 Å². The first-order chi connectivity index (χ1) is 14.3. The molecule has 0 radical (unpaired) electrons. The van der Waals surface area contributed by atoms with Gasteiger partial charge in [-0.2, -0.15) is 0 Å². The molecule has 3 amide bonds. The number of carbonyl (C=O) groups is 4. The number of nitrogens with one attached hydrogen (secondary N) is 2. The third kappa shape index (κ3) is 4.85. The molecule has 2 aromatic rings. The number of hydrogen-bond donors (Lipinski definition) is 3. The second-order valence-corrected chi connectivity index (χ2v) is 8.25. The van der Waals surface area contributed by atoms with Crippen molar-refractivity contribution in [2.45, 2.75) is 39.2 Å². The molecule has 0 saturated heterocycles. The van der Waals surface area contributed by atoms with Crippen molar-refractivity contribution in [1.82, 2.24) is 5.32 Å². The smallest absolute Gasteiger partial charge is 0.328 e. The summed E-state index contributed by atoms with van der Waals surface area (Å²) in [4.78, 5) is 49.4. The number of fused-ring (bicyclic) bond motifs is 1. The number of anilines is 1. The van der Waals surface area contributed by atoms with E-state index in [1.54, 1.807) is 18.2 Å². The summed E-state index contributed by atoms with van der Waals surface area (Å²) in [5.41, 5.74) is 8.05. The lowest BCUT2D eigenvalue weighted by Gasteiger charge is -2.13. The van der Waals surface area contributed by atoms with Crippen LogP contribution in [0.25, 0.3) is 0 Å². The average molecular weight is 429 g/mol. The molecule has 0 fully saturated rings. The summed E-state index contributed by atoms with van der Waals surface area (Å²) in [7, 11) is 0. The van der Waals surface area contributed by atoms with Crippen LogP contribution in [0.15, 0.2) is 24.3 Å². The molecule has 1 atom stereocenters. The van der Waals surface area contributed by atoms with Gasteiger partial charge in [-0.25, -0.2) is 4.79 Å². The number of primary amides is 1. The van der Waals surface area contributed by atoms with Gasteiger partial charge >= 0.3 is 5.97 Å². The molecule has 1 aliphatic carbocycles. The van der Waals surface area contributed by atoms with Crippen LogP contribution in [0.5, 0.6) is 0 Å². The largest absolute Gasteiger partial charge is 0.454 e. The first-order valence-electron chi connectivity index (χ1n) is 9.54. The zero-order valence-corrected chi connectivity index (χ0v) is 17.6. The van der Waals surface area contributed by atoms with Crippen molar-refractivity contribution in [3.05, 3.63) is 51.4 Å². The molecule has 158 valence electrons. The monoisotopic (exact) mass is 429 g/mol. The van der Waals surface area contributed by atoms with Gasteiger partial charge in [0.25, 0.3) is 17.7 Å². The number of aryl methyl sites for hydroxylation is 2. The van der Waals surface area contributed by atoms with E-state index in [-0.39, 0.29) is 0 Å². The fraction of sp³-hybridized carbons (Fsp3) is 0.333. The maximum atomic E-state index is 12.2. The average Bonchev–Trinajstić information content (AvgIpc) is 3.26. The maximum Gasteiger partial charge on any atom is 0.328 e. The van der Waals surface area contributed by atoms with Crippen LogP contribution >= 0.6 is 11.3 Å². The van der Waals surface area contributed by atoms with Gasteiger partial charge in [-0.3, -0.25) is 14.4 Å². The van der Waals surface area contributed by atoms with Gasteiger partial charge in [0, 0.05) is 10.4 Å². The summed E-state index contributed by atoms with van der Waals surface area (Å²) in [5, 5.41) is 5.53. The number of amides is 3. The summed E-state index contributed by atoms with van der Waals surface area (Å²) in [6.45, 7) is 2.80. The van der Waals surface area contributed by atoms with Crippen molar-refractivity contribution < 1.29 is 23.9 Å². The Bertz CT molecular complexity index is 1010. The van der Waals surface area contributed by atoms with Gasteiger partial charge in [0.1, 0.15) is 11.0 Å². The Morgan fingerprint density at radius 2 is 2.00 bits per heavy atom. The highest BCUT2D eigenvalue weighted by molar-refractivity contribution is 7.17. The van der Waals surface area contributed by atoms with Crippen LogP contribution in [0.1, 0.15) is 50.1 Å². The van der Waals surface area contributed by atoms with Crippen LogP contribution < -0.4 is 16.4 Å². The number of rotatable bonds is 7. The van der Waals surface area contributed by atoms with E-state index in [4.69, 9.17) is 10.5 Å². The summed E-state index contributed by atoms with van der Waals surface area (Å²) in [5.74, 6) is -2.32. The van der Waals surface area contributed by atoms with Gasteiger partial charge in [-0.05, 0) is 50.8 Å². The first kappa shape index (κ1) is 21.5. The molecule has 8 nitrogen and oxygen atoms in total. The highest BCUT2D eigenvalue weighted by atomic mass is 32.1. The highest BCUT2D eigenvalue weighted by Gasteiger charge is 2.26. The quantitative estimate of drug-likeness (QED) is 0.580. The maximum absolute atomic E-state index is 12.2. The number of esters is 1. The molecule has 0 spiro atoms. The molecule has 30 heavy (non-hydrogen) atoms. The lowest BCUT2D eigenvalue weighted by Crippen LogP contribution is -2.40. The van der Waals surface area contributed by atoms with E-state index in [9.17, 15) is 19.2 Å². The summed E-state index contributed by atoms with van der Waals surface area (Å²) >= 11 is 1.32. The summed E-state index contributed by atoms with van der Waals surface area (Å²) < 4.78 is 5.00. The lowest BCUT2D eigenvalue weighted by molar-refractivity contribution is -0.148. The molecule has 1 aliphatic rings. The Balaban J connectivity index is 1.53. The molecule has 3 rings (SSSR count). The number of benzene rings is 1. The second-order valence-electron chi connectivity index (χ2n) is 7.15. The Morgan fingerprint density at radius 3 is 2.70 bits per heavy atom. The normalized spacial score (nSPS) is 13.3. The fourth-order valence-corrected chi connectivity index (χ4v) is 4.61. The summed E-state index contributed by atoms with van der Waals surface area (Å²) in [6, 6.07) is 6.02. The minimum atomic E-state index is -0.933. The Kier molecular flexibility index (Phi) is 6.51. The van der Waals surface area contributed by atoms with Crippen LogP contribution in [-0.4, -0.2) is 36.3 Å². The van der Waals surface area contributed by atoms with Gasteiger partial charge in [0.2, 0.25) is 0 Å². The number of nitrogens with two attached hydrogens (primary N) is 1. The van der Waals surface area contributed by atoms with Gasteiger partial charge < -0.3 is 21.1 Å². The van der Waals surface area contributed by atoms with Crippen LogP contribution in [0.4, 0.5) is 5.00 Å². The van der Waals surface area contributed by atoms with E-state index in [0.29, 0.717) is 16.1 Å². The predicted molar refractivity (Wildman–Crippen MR) is 113 cm³/mol. The minimum Gasteiger partial charge on any atom is -0.454 e. The highest BCUT2D eigenvalue weighted by Crippen LogP contribution is 2.38. The van der Waals surface area contributed by atoms with Crippen LogP contribution in [0.2, 0.25) is 0 Å². The van der Waals surface area contributed by atoms with E-state index >= 15 is 0 Å². The van der Waals surface area contributed by atoms with Crippen LogP contribution in [0, 0.1) is 6.92 Å². The molecule has 4 N–H and O–H groups in total. The zero-order valence-electron chi connectivity index (χ0n) is 16.7. The van der Waals surface area contributed by atoms with Crippen molar-refractivity contribution in [3.8, 4) is 0 Å². The molecule has 1 aromatic carbocycles. The fourth-order valence-electron chi connectivity index (χ4n) is 3.30. The van der Waals surface area contributed by atoms with Crippen molar-refractivity contribution in [3.63, 3.8) is 0 Å². The molecule has 1 heterocycles. The minimum absolute atomic E-state index is 0.339. The molecule has 0 bridgehead atoms. The SMILES string of the molecule is Cc1cccc(C(=O)N[C@@H](C)C(=O)OCC(=O)Nc2sc3c(c2C(N)=O)CCC3)c1. The predicted octanol–water partition coefficient (Wildman–Crippen LogP) is 1.94. The van der Waals surface area contributed by atoms with E-state index in [1.807, 2.05) is 13.0 Å². The second kappa shape index (κ2) is 9.08. The summed E-state index contributed by atoms with van der Waals surface area (Å²) in [6.07, 6.45) is 2.57. The van der Waals surface area contributed by atoms with Gasteiger partial charge in [0.15, 0.2) is 6.61 Å². The molecular weight excluding hydrogens is 406 g/mol. The number of ether oxygens (including phenoxy) is 1. The molecule has 0 unspecified atom stereocenters. The van der Waals surface area contributed by atoms with E-state index in [1.165, 1.54) is 18.3 Å². The van der Waals surface area contributed by atoms with Gasteiger partial charge in [0.05, 0.1) is 5.56 Å². The number of carbonyl (C=O) groups excluding carboxylic acids is 4. The van der Waals surface area contributed by atoms with E-state index in [2.05, 4.69) is 10.6 Å². The molecule has 0 aliphatic heterocycles. The van der Waals surface area contributed by atoms with Crippen LogP contribution in [0.3, 0.4) is 0 Å². The Hall–Kier alpha value is -3.20. The molecule has 0 saturated carbocycles. The third-order valence-electron chi connectivity index (χ3n) is 4.75. The third-order valence-corrected chi connectivity index (χ3v) is 5.95. The van der Waals surface area contributed by atoms with E-state index < -0.39 is 36.3 Å². The van der Waals surface area contributed by atoms with Gasteiger partial charge in [-0.15, -0.1) is 11.3 Å². The topological polar surface area (TPSA) is 128 Å². The van der Waals surface area contributed by atoms with Gasteiger partial charge in [-0.1, -0.05) is 17.7 Å². The van der Waals surface area contributed by atoms with Crippen molar-refractivity contribution >= 4 is 40.0 Å². The lowest BCUT2D eigenvalue weighted by atomic mass is 10.1. The standard InChI is InChI=1S/C21H23N3O5S/c1-11-5-3-6-13(9-11)19(27)23-12(2)21(28)29-10-16(25)24-20-17(18(22)26)14-7-4-8-15(14)30-20/h3,5-6,9,12H,4,7-8,10H2,1-2H3,(H2,22,26)(H,23,27)(H,24,25)/t12-/m0/s1. The van der Waals surface area contributed by atoms with E-state index in [0.717, 1.165) is 35.3 Å². The molecule has 9 heteroatoms.